The lowest BCUT2D eigenvalue weighted by molar-refractivity contribution is 0.108. The third-order valence-electron chi connectivity index (χ3n) is 3.31. The van der Waals surface area contributed by atoms with Crippen LogP contribution in [0.4, 0.5) is 0 Å². The predicted molar refractivity (Wildman–Crippen MR) is 91.8 cm³/mol. The highest BCUT2D eigenvalue weighted by molar-refractivity contribution is 8.14. The van der Waals surface area contributed by atoms with Crippen molar-refractivity contribution >= 4 is 16.9 Å². The van der Waals surface area contributed by atoms with Crippen molar-refractivity contribution in [2.75, 3.05) is 5.75 Å². The first kappa shape index (κ1) is 15.6. The Hall–Kier alpha value is -1.80. The number of carbonyl (C=O) groups is 1. The second kappa shape index (κ2) is 8.48. The average Bonchev–Trinajstić information content (AvgIpc) is 2.54. The van der Waals surface area contributed by atoms with E-state index in [-0.39, 0.29) is 5.12 Å². The van der Waals surface area contributed by atoms with Gasteiger partial charge in [-0.15, -0.1) is 0 Å². The van der Waals surface area contributed by atoms with Gasteiger partial charge in [-0.3, -0.25) is 4.79 Å². The molecular formula is C19H20OS. The highest BCUT2D eigenvalue weighted by atomic mass is 32.2. The average molecular weight is 296 g/mol. The fourth-order valence-corrected chi connectivity index (χ4v) is 2.83. The van der Waals surface area contributed by atoms with Crippen LogP contribution in [0, 0.1) is 0 Å². The molecule has 0 radical (unpaired) electrons. The third-order valence-corrected chi connectivity index (χ3v) is 4.14. The van der Waals surface area contributed by atoms with Gasteiger partial charge in [0.1, 0.15) is 0 Å². The van der Waals surface area contributed by atoms with Crippen LogP contribution in [0.3, 0.4) is 0 Å². The molecule has 0 amide bonds. The number of hydrogen-bond acceptors (Lipinski definition) is 2. The number of thioether (sulfide) groups is 1. The fourth-order valence-electron chi connectivity index (χ4n) is 2.01. The molecule has 0 atom stereocenters. The maximum atomic E-state index is 11.9. The summed E-state index contributed by atoms with van der Waals surface area (Å²) in [5.74, 6) is 0.744. The minimum atomic E-state index is 0.141. The second-order valence-electron chi connectivity index (χ2n) is 5.00. The van der Waals surface area contributed by atoms with Gasteiger partial charge in [-0.1, -0.05) is 84.1 Å². The molecule has 2 aromatic rings. The zero-order valence-electron chi connectivity index (χ0n) is 12.3. The predicted octanol–water partition coefficient (Wildman–Crippen LogP) is 5.14. The molecule has 0 saturated heterocycles. The molecule has 0 saturated carbocycles. The molecule has 2 heteroatoms. The maximum absolute atomic E-state index is 11.9. The summed E-state index contributed by atoms with van der Waals surface area (Å²) in [7, 11) is 0. The Labute approximate surface area is 131 Å². The quantitative estimate of drug-likeness (QED) is 0.687. The molecule has 0 aliphatic heterocycles. The first-order chi connectivity index (χ1) is 10.3. The molecule has 0 unspecified atom stereocenters. The van der Waals surface area contributed by atoms with Gasteiger partial charge in [-0.2, -0.15) is 0 Å². The van der Waals surface area contributed by atoms with E-state index >= 15 is 0 Å². The Morgan fingerprint density at radius 2 is 1.62 bits per heavy atom. The van der Waals surface area contributed by atoms with Crippen LogP contribution in [-0.4, -0.2) is 10.9 Å². The van der Waals surface area contributed by atoms with Crippen molar-refractivity contribution < 1.29 is 4.79 Å². The number of benzene rings is 2. The Balaban J connectivity index is 1.75. The summed E-state index contributed by atoms with van der Waals surface area (Å²) in [6, 6.07) is 19.9. The number of hydrogen-bond donors (Lipinski definition) is 0. The van der Waals surface area contributed by atoms with E-state index < -0.39 is 0 Å². The van der Waals surface area contributed by atoms with E-state index in [1.165, 1.54) is 22.9 Å². The largest absolute Gasteiger partial charge is 0.282 e. The van der Waals surface area contributed by atoms with E-state index in [0.717, 1.165) is 24.2 Å². The topological polar surface area (TPSA) is 17.1 Å². The van der Waals surface area contributed by atoms with Crippen molar-refractivity contribution in [1.82, 2.24) is 0 Å². The smallest absolute Gasteiger partial charge is 0.219 e. The van der Waals surface area contributed by atoms with Gasteiger partial charge >= 0.3 is 0 Å². The van der Waals surface area contributed by atoms with Crippen LogP contribution >= 0.6 is 11.8 Å². The molecule has 0 aromatic heterocycles. The van der Waals surface area contributed by atoms with Crippen molar-refractivity contribution in [3.8, 4) is 0 Å². The van der Waals surface area contributed by atoms with E-state index in [4.69, 9.17) is 0 Å². The fraction of sp³-hybridized carbons (Fsp3) is 0.211. The highest BCUT2D eigenvalue weighted by Gasteiger charge is 2.04. The lowest BCUT2D eigenvalue weighted by atomic mass is 10.1. The molecule has 0 fully saturated rings. The van der Waals surface area contributed by atoms with Crippen molar-refractivity contribution in [2.24, 2.45) is 0 Å². The molecule has 1 nitrogen and oxygen atoms in total. The van der Waals surface area contributed by atoms with Gasteiger partial charge in [0.05, 0.1) is 0 Å². The van der Waals surface area contributed by atoms with E-state index in [1.807, 2.05) is 36.4 Å². The summed E-state index contributed by atoms with van der Waals surface area (Å²) in [6.45, 7) is 2.14. The molecule has 108 valence electrons. The van der Waals surface area contributed by atoms with E-state index in [1.54, 1.807) is 0 Å². The standard InChI is InChI=1S/C19H20OS/c1-16(12-13-17-8-4-2-5-9-17)14-15-21-19(20)18-10-6-3-7-11-18/h2-11,14H,12-13,15H2,1H3/b16-14-. The number of aryl methyl sites for hydroxylation is 1. The van der Waals surface area contributed by atoms with Crippen LogP contribution in [0.15, 0.2) is 72.3 Å². The molecule has 0 N–H and O–H groups in total. The molecule has 2 rings (SSSR count). The monoisotopic (exact) mass is 296 g/mol. The minimum absolute atomic E-state index is 0.141. The minimum Gasteiger partial charge on any atom is -0.282 e. The van der Waals surface area contributed by atoms with E-state index in [0.29, 0.717) is 0 Å². The first-order valence-corrected chi connectivity index (χ1v) is 8.16. The van der Waals surface area contributed by atoms with Gasteiger partial charge in [-0.25, -0.2) is 0 Å². The van der Waals surface area contributed by atoms with Gasteiger partial charge in [0.25, 0.3) is 0 Å². The van der Waals surface area contributed by atoms with Gasteiger partial charge < -0.3 is 0 Å². The number of rotatable bonds is 6. The van der Waals surface area contributed by atoms with Gasteiger partial charge in [0.2, 0.25) is 5.12 Å². The SMILES string of the molecule is C/C(=C/CSC(=O)c1ccccc1)CCc1ccccc1. The molecular weight excluding hydrogens is 276 g/mol. The zero-order chi connectivity index (χ0) is 14.9. The van der Waals surface area contributed by atoms with Crippen LogP contribution in [-0.2, 0) is 6.42 Å². The summed E-state index contributed by atoms with van der Waals surface area (Å²) in [5, 5.41) is 0.141. The van der Waals surface area contributed by atoms with Crippen LogP contribution in [0.1, 0.15) is 29.3 Å². The van der Waals surface area contributed by atoms with Gasteiger partial charge in [0.15, 0.2) is 0 Å². The Morgan fingerprint density at radius 3 is 2.29 bits per heavy atom. The van der Waals surface area contributed by atoms with E-state index in [9.17, 15) is 4.79 Å². The molecule has 2 aromatic carbocycles. The summed E-state index contributed by atoms with van der Waals surface area (Å²) >= 11 is 1.36. The first-order valence-electron chi connectivity index (χ1n) is 7.17. The normalized spacial score (nSPS) is 11.4. The molecule has 0 aliphatic carbocycles. The molecule has 0 spiro atoms. The molecule has 0 bridgehead atoms. The lowest BCUT2D eigenvalue weighted by Crippen LogP contribution is -1.94. The molecule has 0 aliphatic rings. The van der Waals surface area contributed by atoms with Crippen molar-refractivity contribution in [3.05, 3.63) is 83.4 Å². The molecule has 0 heterocycles. The Morgan fingerprint density at radius 1 is 1.00 bits per heavy atom. The highest BCUT2D eigenvalue weighted by Crippen LogP contribution is 2.14. The summed E-state index contributed by atoms with van der Waals surface area (Å²) in [5.41, 5.74) is 3.48. The van der Waals surface area contributed by atoms with E-state index in [2.05, 4.69) is 37.3 Å². The maximum Gasteiger partial charge on any atom is 0.219 e. The zero-order valence-corrected chi connectivity index (χ0v) is 13.1. The second-order valence-corrected chi connectivity index (χ2v) is 5.99. The van der Waals surface area contributed by atoms with Crippen LogP contribution in [0.5, 0.6) is 0 Å². The van der Waals surface area contributed by atoms with Gasteiger partial charge in [0, 0.05) is 11.3 Å². The van der Waals surface area contributed by atoms with Crippen LogP contribution in [0.2, 0.25) is 0 Å². The number of allylic oxidation sites excluding steroid dienone is 1. The summed E-state index contributed by atoms with van der Waals surface area (Å²) in [6.07, 6.45) is 4.26. The van der Waals surface area contributed by atoms with Crippen molar-refractivity contribution in [3.63, 3.8) is 0 Å². The molecule has 21 heavy (non-hydrogen) atoms. The van der Waals surface area contributed by atoms with Crippen molar-refractivity contribution in [2.45, 2.75) is 19.8 Å². The summed E-state index contributed by atoms with van der Waals surface area (Å²) in [4.78, 5) is 11.9. The number of carbonyl (C=O) groups excluding carboxylic acids is 1. The Kier molecular flexibility index (Phi) is 6.29. The van der Waals surface area contributed by atoms with Gasteiger partial charge in [-0.05, 0) is 25.3 Å². The van der Waals surface area contributed by atoms with Crippen molar-refractivity contribution in [1.29, 1.82) is 0 Å². The summed E-state index contributed by atoms with van der Waals surface area (Å²) < 4.78 is 0. The Bertz CT molecular complexity index is 587. The van der Waals surface area contributed by atoms with Crippen LogP contribution < -0.4 is 0 Å². The lowest BCUT2D eigenvalue weighted by Gasteiger charge is -2.02. The van der Waals surface area contributed by atoms with Crippen LogP contribution in [0.25, 0.3) is 0 Å². The third kappa shape index (κ3) is 5.60.